The fourth-order valence-corrected chi connectivity index (χ4v) is 5.71. The zero-order chi connectivity index (χ0) is 22.8. The first kappa shape index (κ1) is 21.7. The number of carbonyl (C=O) groups excluding carboxylic acids is 1. The van der Waals surface area contributed by atoms with Gasteiger partial charge in [-0.1, -0.05) is 72.3 Å². The van der Waals surface area contributed by atoms with E-state index < -0.39 is 5.41 Å². The molecular formula is C29H32N2O2. The Morgan fingerprint density at radius 3 is 2.58 bits per heavy atom. The maximum absolute atomic E-state index is 13.3. The number of hydrogen-bond acceptors (Lipinski definition) is 3. The zero-order valence-corrected chi connectivity index (χ0v) is 19.3. The van der Waals surface area contributed by atoms with Crippen molar-refractivity contribution in [2.75, 3.05) is 26.2 Å². The minimum atomic E-state index is -0.825. The Balaban J connectivity index is 1.39. The molecule has 3 aromatic rings. The van der Waals surface area contributed by atoms with Gasteiger partial charge in [0.05, 0.1) is 6.61 Å². The third-order valence-corrected chi connectivity index (χ3v) is 7.48. The summed E-state index contributed by atoms with van der Waals surface area (Å²) in [4.78, 5) is 15.8. The number of fused-ring (bicyclic) bond motifs is 1. The number of benzene rings is 3. The first-order valence-electron chi connectivity index (χ1n) is 12.0. The maximum Gasteiger partial charge on any atom is 0.232 e. The molecule has 0 saturated carbocycles. The van der Waals surface area contributed by atoms with Gasteiger partial charge in [0.1, 0.15) is 11.2 Å². The van der Waals surface area contributed by atoms with Crippen LogP contribution in [0.3, 0.4) is 0 Å². The van der Waals surface area contributed by atoms with Crippen LogP contribution in [-0.2, 0) is 23.1 Å². The summed E-state index contributed by atoms with van der Waals surface area (Å²) in [5.74, 6) is 0.906. The quantitative estimate of drug-likeness (QED) is 0.597. The van der Waals surface area contributed by atoms with Gasteiger partial charge in [-0.05, 0) is 60.5 Å². The van der Waals surface area contributed by atoms with Crippen LogP contribution in [0.4, 0.5) is 0 Å². The monoisotopic (exact) mass is 440 g/mol. The fourth-order valence-electron chi connectivity index (χ4n) is 5.71. The van der Waals surface area contributed by atoms with Crippen LogP contribution in [0.15, 0.2) is 72.8 Å². The SMILES string of the molecule is Cc1ccc(C(C(N)=O)(c2ccccc2)[C@@H]2CCN(CCc3ccc4c(c3)CCO4)C2)cc1. The second-order valence-corrected chi connectivity index (χ2v) is 9.48. The average molecular weight is 441 g/mol. The van der Waals surface area contributed by atoms with Crippen molar-refractivity contribution in [1.82, 2.24) is 4.90 Å². The van der Waals surface area contributed by atoms with Crippen molar-refractivity contribution in [3.05, 3.63) is 101 Å². The molecule has 3 aromatic carbocycles. The normalized spacial score (nSPS) is 19.6. The number of aryl methyl sites for hydroxylation is 1. The summed E-state index contributed by atoms with van der Waals surface area (Å²) in [6.07, 6.45) is 2.95. The largest absolute Gasteiger partial charge is 0.493 e. The molecule has 4 heteroatoms. The molecule has 0 spiro atoms. The molecule has 1 fully saturated rings. The molecule has 5 rings (SSSR count). The van der Waals surface area contributed by atoms with Crippen LogP contribution in [0, 0.1) is 12.8 Å². The van der Waals surface area contributed by atoms with Crippen molar-refractivity contribution in [2.24, 2.45) is 11.7 Å². The van der Waals surface area contributed by atoms with Gasteiger partial charge < -0.3 is 15.4 Å². The Kier molecular flexibility index (Phi) is 5.94. The highest BCUT2D eigenvalue weighted by Gasteiger charge is 2.49. The van der Waals surface area contributed by atoms with E-state index in [2.05, 4.69) is 66.4 Å². The molecule has 2 N–H and O–H groups in total. The molecule has 4 nitrogen and oxygen atoms in total. The van der Waals surface area contributed by atoms with Gasteiger partial charge in [-0.3, -0.25) is 4.79 Å². The van der Waals surface area contributed by atoms with Gasteiger partial charge >= 0.3 is 0 Å². The van der Waals surface area contributed by atoms with Gasteiger partial charge in [-0.2, -0.15) is 0 Å². The van der Waals surface area contributed by atoms with E-state index in [0.29, 0.717) is 0 Å². The highest BCUT2D eigenvalue weighted by Crippen LogP contribution is 2.43. The summed E-state index contributed by atoms with van der Waals surface area (Å²) >= 11 is 0. The smallest absolute Gasteiger partial charge is 0.232 e. The number of primary amides is 1. The van der Waals surface area contributed by atoms with E-state index in [1.165, 1.54) is 16.7 Å². The van der Waals surface area contributed by atoms with Gasteiger partial charge in [0.2, 0.25) is 5.91 Å². The average Bonchev–Trinajstić information content (AvgIpc) is 3.49. The van der Waals surface area contributed by atoms with E-state index >= 15 is 0 Å². The van der Waals surface area contributed by atoms with E-state index in [4.69, 9.17) is 10.5 Å². The molecular weight excluding hydrogens is 408 g/mol. The van der Waals surface area contributed by atoms with E-state index in [9.17, 15) is 4.79 Å². The highest BCUT2D eigenvalue weighted by atomic mass is 16.5. The summed E-state index contributed by atoms with van der Waals surface area (Å²) in [5, 5.41) is 0. The minimum Gasteiger partial charge on any atom is -0.493 e. The third-order valence-electron chi connectivity index (χ3n) is 7.48. The number of amides is 1. The van der Waals surface area contributed by atoms with Crippen molar-refractivity contribution in [1.29, 1.82) is 0 Å². The van der Waals surface area contributed by atoms with E-state index in [1.54, 1.807) is 0 Å². The molecule has 1 unspecified atom stereocenters. The first-order chi connectivity index (χ1) is 16.1. The molecule has 0 aromatic heterocycles. The van der Waals surface area contributed by atoms with E-state index in [0.717, 1.165) is 62.4 Å². The van der Waals surface area contributed by atoms with Gasteiger partial charge in [0, 0.05) is 19.5 Å². The Hall–Kier alpha value is -3.11. The molecule has 0 aliphatic carbocycles. The summed E-state index contributed by atoms with van der Waals surface area (Å²) in [7, 11) is 0. The second-order valence-electron chi connectivity index (χ2n) is 9.48. The number of nitrogens with two attached hydrogens (primary N) is 1. The molecule has 0 bridgehead atoms. The molecule has 33 heavy (non-hydrogen) atoms. The molecule has 2 aliphatic heterocycles. The number of nitrogens with zero attached hydrogens (tertiary/aromatic N) is 1. The van der Waals surface area contributed by atoms with E-state index in [-0.39, 0.29) is 11.8 Å². The Bertz CT molecular complexity index is 1130. The predicted molar refractivity (Wildman–Crippen MR) is 131 cm³/mol. The number of carbonyl (C=O) groups is 1. The van der Waals surface area contributed by atoms with Gasteiger partial charge in [0.25, 0.3) is 0 Å². The third kappa shape index (κ3) is 4.04. The maximum atomic E-state index is 13.3. The van der Waals surface area contributed by atoms with Crippen LogP contribution in [-0.4, -0.2) is 37.0 Å². The summed E-state index contributed by atoms with van der Waals surface area (Å²) in [6, 6.07) is 25.0. The number of rotatable bonds is 7. The topological polar surface area (TPSA) is 55.6 Å². The summed E-state index contributed by atoms with van der Waals surface area (Å²) < 4.78 is 5.64. The summed E-state index contributed by atoms with van der Waals surface area (Å²) in [6.45, 7) is 5.68. The van der Waals surface area contributed by atoms with Crippen LogP contribution in [0.25, 0.3) is 0 Å². The van der Waals surface area contributed by atoms with Crippen molar-refractivity contribution in [3.8, 4) is 5.75 Å². The molecule has 2 atom stereocenters. The minimum absolute atomic E-state index is 0.133. The lowest BCUT2D eigenvalue weighted by Crippen LogP contribution is -2.49. The fraction of sp³-hybridized carbons (Fsp3) is 0.345. The lowest BCUT2D eigenvalue weighted by atomic mass is 9.64. The Morgan fingerprint density at radius 1 is 1.06 bits per heavy atom. The zero-order valence-electron chi connectivity index (χ0n) is 19.3. The van der Waals surface area contributed by atoms with Crippen LogP contribution < -0.4 is 10.5 Å². The number of likely N-dealkylation sites (tertiary alicyclic amines) is 1. The Labute approximate surface area is 196 Å². The Morgan fingerprint density at radius 2 is 1.82 bits per heavy atom. The molecule has 2 heterocycles. The molecule has 1 saturated heterocycles. The number of ether oxygens (including phenoxy) is 1. The summed E-state index contributed by atoms with van der Waals surface area (Å²) in [5.41, 5.74) is 11.3. The van der Waals surface area contributed by atoms with Crippen molar-refractivity contribution < 1.29 is 9.53 Å². The van der Waals surface area contributed by atoms with Crippen LogP contribution in [0.1, 0.15) is 34.2 Å². The van der Waals surface area contributed by atoms with Crippen LogP contribution >= 0.6 is 0 Å². The molecule has 170 valence electrons. The first-order valence-corrected chi connectivity index (χ1v) is 12.0. The second kappa shape index (κ2) is 9.03. The number of hydrogen-bond donors (Lipinski definition) is 1. The molecule has 2 aliphatic rings. The van der Waals surface area contributed by atoms with Crippen molar-refractivity contribution in [2.45, 2.75) is 31.6 Å². The standard InChI is InChI=1S/C29H32N2O2/c1-21-7-10-25(11-8-21)29(28(30)32,24-5-3-2-4-6-24)26-14-17-31(20-26)16-13-22-9-12-27-23(19-22)15-18-33-27/h2-12,19,26H,13-18,20H2,1H3,(H2,30,32)/t26-,29?/m1/s1. The lowest BCUT2D eigenvalue weighted by Gasteiger charge is -2.37. The lowest BCUT2D eigenvalue weighted by molar-refractivity contribution is -0.123. The molecule has 1 amide bonds. The van der Waals surface area contributed by atoms with Gasteiger partial charge in [-0.15, -0.1) is 0 Å². The highest BCUT2D eigenvalue weighted by molar-refractivity contribution is 5.91. The van der Waals surface area contributed by atoms with Crippen molar-refractivity contribution >= 4 is 5.91 Å². The van der Waals surface area contributed by atoms with E-state index in [1.807, 2.05) is 18.2 Å². The van der Waals surface area contributed by atoms with Gasteiger partial charge in [0.15, 0.2) is 0 Å². The van der Waals surface area contributed by atoms with Crippen LogP contribution in [0.5, 0.6) is 5.75 Å². The predicted octanol–water partition coefficient (Wildman–Crippen LogP) is 4.27. The molecule has 0 radical (unpaired) electrons. The van der Waals surface area contributed by atoms with Crippen molar-refractivity contribution in [3.63, 3.8) is 0 Å². The van der Waals surface area contributed by atoms with Crippen LogP contribution in [0.2, 0.25) is 0 Å². The van der Waals surface area contributed by atoms with Gasteiger partial charge in [-0.25, -0.2) is 0 Å².